The summed E-state index contributed by atoms with van der Waals surface area (Å²) in [5, 5.41) is 12.3. The summed E-state index contributed by atoms with van der Waals surface area (Å²) in [6.45, 7) is 2.29. The lowest BCUT2D eigenvalue weighted by Gasteiger charge is -2.03. The van der Waals surface area contributed by atoms with Crippen molar-refractivity contribution < 1.29 is 5.11 Å². The van der Waals surface area contributed by atoms with Crippen molar-refractivity contribution in [1.29, 1.82) is 0 Å². The van der Waals surface area contributed by atoms with Crippen molar-refractivity contribution in [2.75, 3.05) is 5.32 Å². The van der Waals surface area contributed by atoms with Gasteiger partial charge in [-0.15, -0.1) is 0 Å². The summed E-state index contributed by atoms with van der Waals surface area (Å²) in [4.78, 5) is 0. The Kier molecular flexibility index (Phi) is 1.77. The van der Waals surface area contributed by atoms with Crippen molar-refractivity contribution in [3.63, 3.8) is 0 Å². The Labute approximate surface area is 72.2 Å². The Morgan fingerprint density at radius 2 is 2.42 bits per heavy atom. The van der Waals surface area contributed by atoms with E-state index in [0.717, 1.165) is 12.0 Å². The van der Waals surface area contributed by atoms with E-state index in [1.54, 1.807) is 0 Å². The second-order valence-corrected chi connectivity index (χ2v) is 3.40. The molecule has 0 saturated heterocycles. The lowest BCUT2D eigenvalue weighted by atomic mass is 10.1. The highest BCUT2D eigenvalue weighted by atomic mass is 16.3. The first-order chi connectivity index (χ1) is 5.79. The molecule has 0 radical (unpaired) electrons. The zero-order valence-electron chi connectivity index (χ0n) is 7.17. The van der Waals surface area contributed by atoms with Gasteiger partial charge < -0.3 is 10.4 Å². The van der Waals surface area contributed by atoms with Crippen LogP contribution >= 0.6 is 0 Å². The van der Waals surface area contributed by atoms with Gasteiger partial charge in [0, 0.05) is 11.7 Å². The van der Waals surface area contributed by atoms with E-state index in [0.29, 0.717) is 6.04 Å². The van der Waals surface area contributed by atoms with Crippen LogP contribution in [0.25, 0.3) is 0 Å². The van der Waals surface area contributed by atoms with Crippen molar-refractivity contribution in [2.45, 2.75) is 26.0 Å². The van der Waals surface area contributed by atoms with Gasteiger partial charge in [0.2, 0.25) is 0 Å². The fourth-order valence-electron chi connectivity index (χ4n) is 1.68. The smallest absolute Gasteiger partial charge is 0.0682 e. The molecule has 1 aromatic rings. The number of aliphatic hydroxyl groups is 1. The van der Waals surface area contributed by atoms with Gasteiger partial charge in [0.25, 0.3) is 0 Å². The molecule has 1 aliphatic heterocycles. The van der Waals surface area contributed by atoms with Gasteiger partial charge in [0.1, 0.15) is 0 Å². The van der Waals surface area contributed by atoms with Crippen LogP contribution in [0.15, 0.2) is 18.2 Å². The molecule has 0 aromatic heterocycles. The van der Waals surface area contributed by atoms with Crippen molar-refractivity contribution in [3.05, 3.63) is 29.3 Å². The zero-order valence-corrected chi connectivity index (χ0v) is 7.17. The minimum atomic E-state index is 0.128. The number of hydrogen-bond donors (Lipinski definition) is 2. The van der Waals surface area contributed by atoms with Crippen LogP contribution in [0.5, 0.6) is 0 Å². The Morgan fingerprint density at radius 1 is 1.58 bits per heavy atom. The topological polar surface area (TPSA) is 32.3 Å². The number of rotatable bonds is 1. The maximum atomic E-state index is 8.91. The van der Waals surface area contributed by atoms with Crippen molar-refractivity contribution in [2.24, 2.45) is 0 Å². The lowest BCUT2D eigenvalue weighted by Crippen LogP contribution is -2.08. The number of hydrogen-bond acceptors (Lipinski definition) is 2. The Hall–Kier alpha value is -1.02. The summed E-state index contributed by atoms with van der Waals surface area (Å²) < 4.78 is 0. The third-order valence-electron chi connectivity index (χ3n) is 2.28. The highest BCUT2D eigenvalue weighted by Crippen LogP contribution is 2.26. The lowest BCUT2D eigenvalue weighted by molar-refractivity contribution is 0.282. The van der Waals surface area contributed by atoms with Gasteiger partial charge in [-0.25, -0.2) is 0 Å². The minimum Gasteiger partial charge on any atom is -0.392 e. The summed E-state index contributed by atoms with van der Waals surface area (Å²) in [5.74, 6) is 0. The van der Waals surface area contributed by atoms with Gasteiger partial charge in [0.05, 0.1) is 6.61 Å². The van der Waals surface area contributed by atoms with Crippen LogP contribution in [-0.2, 0) is 13.0 Å². The van der Waals surface area contributed by atoms with Crippen LogP contribution in [0.2, 0.25) is 0 Å². The normalized spacial score (nSPS) is 20.3. The van der Waals surface area contributed by atoms with E-state index in [-0.39, 0.29) is 6.61 Å². The minimum absolute atomic E-state index is 0.128. The van der Waals surface area contributed by atoms with E-state index >= 15 is 0 Å². The van der Waals surface area contributed by atoms with Gasteiger partial charge in [-0.3, -0.25) is 0 Å². The van der Waals surface area contributed by atoms with Crippen LogP contribution in [0.1, 0.15) is 18.1 Å². The first-order valence-electron chi connectivity index (χ1n) is 4.29. The van der Waals surface area contributed by atoms with Crippen molar-refractivity contribution in [1.82, 2.24) is 0 Å². The number of anilines is 1. The van der Waals surface area contributed by atoms with Crippen LogP contribution in [0.3, 0.4) is 0 Å². The molecule has 0 aliphatic carbocycles. The third-order valence-corrected chi connectivity index (χ3v) is 2.28. The standard InChI is InChI=1S/C10H13NO/c1-7-4-9-3-2-8(6-12)5-10(9)11-7/h2-3,5,7,11-12H,4,6H2,1H3. The average Bonchev–Trinajstić information content (AvgIpc) is 2.43. The predicted molar refractivity (Wildman–Crippen MR) is 49.2 cm³/mol. The van der Waals surface area contributed by atoms with Crippen LogP contribution < -0.4 is 5.32 Å². The molecule has 2 N–H and O–H groups in total. The fraction of sp³-hybridized carbons (Fsp3) is 0.400. The summed E-state index contributed by atoms with van der Waals surface area (Å²) in [6, 6.07) is 6.64. The summed E-state index contributed by atoms with van der Waals surface area (Å²) >= 11 is 0. The fourth-order valence-corrected chi connectivity index (χ4v) is 1.68. The van der Waals surface area contributed by atoms with E-state index in [2.05, 4.69) is 18.3 Å². The van der Waals surface area contributed by atoms with Gasteiger partial charge >= 0.3 is 0 Å². The molecule has 2 rings (SSSR count). The molecule has 0 amide bonds. The first kappa shape index (κ1) is 7.62. The molecule has 0 bridgehead atoms. The number of benzene rings is 1. The molecule has 64 valence electrons. The molecule has 1 atom stereocenters. The number of fused-ring (bicyclic) bond motifs is 1. The molecule has 0 saturated carbocycles. The van der Waals surface area contributed by atoms with Crippen molar-refractivity contribution in [3.8, 4) is 0 Å². The Balaban J connectivity index is 2.35. The average molecular weight is 163 g/mol. The first-order valence-corrected chi connectivity index (χ1v) is 4.29. The molecule has 1 heterocycles. The number of nitrogens with one attached hydrogen (secondary N) is 1. The second-order valence-electron chi connectivity index (χ2n) is 3.40. The molecule has 1 unspecified atom stereocenters. The number of aliphatic hydroxyl groups excluding tert-OH is 1. The molecule has 1 aliphatic rings. The van der Waals surface area contributed by atoms with E-state index in [1.165, 1.54) is 11.3 Å². The van der Waals surface area contributed by atoms with Crippen LogP contribution in [0.4, 0.5) is 5.69 Å². The predicted octanol–water partition coefficient (Wildman–Crippen LogP) is 1.54. The van der Waals surface area contributed by atoms with Crippen LogP contribution in [-0.4, -0.2) is 11.1 Å². The SMILES string of the molecule is CC1Cc2ccc(CO)cc2N1. The van der Waals surface area contributed by atoms with E-state index in [4.69, 9.17) is 5.11 Å². The zero-order chi connectivity index (χ0) is 8.55. The highest BCUT2D eigenvalue weighted by molar-refractivity contribution is 5.58. The molecule has 1 aromatic carbocycles. The molecule has 0 fully saturated rings. The molecule has 12 heavy (non-hydrogen) atoms. The summed E-state index contributed by atoms with van der Waals surface area (Å²) in [6.07, 6.45) is 1.10. The van der Waals surface area contributed by atoms with E-state index < -0.39 is 0 Å². The van der Waals surface area contributed by atoms with Gasteiger partial charge in [-0.2, -0.15) is 0 Å². The third kappa shape index (κ3) is 1.18. The van der Waals surface area contributed by atoms with E-state index in [1.807, 2.05) is 12.1 Å². The summed E-state index contributed by atoms with van der Waals surface area (Å²) in [5.41, 5.74) is 3.53. The van der Waals surface area contributed by atoms with E-state index in [9.17, 15) is 0 Å². The quantitative estimate of drug-likeness (QED) is 0.658. The maximum absolute atomic E-state index is 8.91. The molecule has 0 spiro atoms. The van der Waals surface area contributed by atoms with Crippen molar-refractivity contribution >= 4 is 5.69 Å². The van der Waals surface area contributed by atoms with Crippen LogP contribution in [0, 0.1) is 0 Å². The summed E-state index contributed by atoms with van der Waals surface area (Å²) in [7, 11) is 0. The van der Waals surface area contributed by atoms with Gasteiger partial charge in [0.15, 0.2) is 0 Å². The molecular formula is C10H13NO. The largest absolute Gasteiger partial charge is 0.392 e. The van der Waals surface area contributed by atoms with Gasteiger partial charge in [-0.1, -0.05) is 12.1 Å². The maximum Gasteiger partial charge on any atom is 0.0682 e. The van der Waals surface area contributed by atoms with Gasteiger partial charge in [-0.05, 0) is 30.5 Å². The Bertz CT molecular complexity index is 296. The molecule has 2 heteroatoms. The monoisotopic (exact) mass is 163 g/mol. The Morgan fingerprint density at radius 3 is 3.17 bits per heavy atom. The highest BCUT2D eigenvalue weighted by Gasteiger charge is 2.15. The molecular weight excluding hydrogens is 150 g/mol. The molecule has 2 nitrogen and oxygen atoms in total. The second kappa shape index (κ2) is 2.79.